The highest BCUT2D eigenvalue weighted by atomic mass is 16.3. The van der Waals surface area contributed by atoms with Crippen LogP contribution in [0.4, 0.5) is 0 Å². The number of aliphatic hydroxyl groups is 1. The molecular weight excluding hydrogens is 250 g/mol. The van der Waals surface area contributed by atoms with Crippen LogP contribution in [0.5, 0.6) is 0 Å². The van der Waals surface area contributed by atoms with Gasteiger partial charge in [-0.1, -0.05) is 24.3 Å². The minimum absolute atomic E-state index is 0.582. The molecule has 0 fully saturated rings. The van der Waals surface area contributed by atoms with E-state index >= 15 is 0 Å². The molecule has 0 bridgehead atoms. The lowest BCUT2D eigenvalue weighted by atomic mass is 9.96. The smallest absolute Gasteiger partial charge is 0.103 e. The Balaban J connectivity index is 1.66. The van der Waals surface area contributed by atoms with Crippen molar-refractivity contribution in [3.63, 3.8) is 0 Å². The van der Waals surface area contributed by atoms with Crippen LogP contribution in [0.15, 0.2) is 30.5 Å². The van der Waals surface area contributed by atoms with Crippen molar-refractivity contribution in [3.05, 3.63) is 52.8 Å². The molecule has 4 heteroatoms. The molecule has 1 aliphatic carbocycles. The van der Waals surface area contributed by atoms with Gasteiger partial charge in [-0.05, 0) is 30.9 Å². The molecule has 0 saturated heterocycles. The van der Waals surface area contributed by atoms with Crippen LogP contribution in [0, 0.1) is 6.92 Å². The largest absolute Gasteiger partial charge is 0.384 e. The molecule has 1 aliphatic rings. The van der Waals surface area contributed by atoms with Gasteiger partial charge in [0.1, 0.15) is 5.60 Å². The topological polar surface area (TPSA) is 50.1 Å². The van der Waals surface area contributed by atoms with Crippen LogP contribution in [-0.2, 0) is 25.6 Å². The molecule has 106 valence electrons. The lowest BCUT2D eigenvalue weighted by molar-refractivity contribution is 0.0384. The molecule has 1 heterocycles. The number of nitrogens with one attached hydrogen (secondary N) is 1. The van der Waals surface area contributed by atoms with E-state index in [4.69, 9.17) is 0 Å². The van der Waals surface area contributed by atoms with Crippen molar-refractivity contribution in [1.29, 1.82) is 0 Å². The lowest BCUT2D eigenvalue weighted by Crippen LogP contribution is -2.36. The summed E-state index contributed by atoms with van der Waals surface area (Å²) in [5.41, 5.74) is 3.85. The summed E-state index contributed by atoms with van der Waals surface area (Å²) in [5.74, 6) is 0. The average Bonchev–Trinajstić information content (AvgIpc) is 2.92. The second-order valence-corrected chi connectivity index (χ2v) is 5.71. The fourth-order valence-electron chi connectivity index (χ4n) is 3.08. The van der Waals surface area contributed by atoms with E-state index in [1.54, 1.807) is 0 Å². The first kappa shape index (κ1) is 13.3. The van der Waals surface area contributed by atoms with E-state index in [1.807, 2.05) is 43.0 Å². The normalized spacial score (nSPS) is 21.1. The number of nitrogens with zero attached hydrogens (tertiary/aromatic N) is 2. The summed E-state index contributed by atoms with van der Waals surface area (Å²) in [4.78, 5) is 0. The van der Waals surface area contributed by atoms with Gasteiger partial charge in [0.25, 0.3) is 0 Å². The van der Waals surface area contributed by atoms with Gasteiger partial charge in [-0.3, -0.25) is 4.68 Å². The number of rotatable bonds is 4. The molecule has 2 N–H and O–H groups in total. The summed E-state index contributed by atoms with van der Waals surface area (Å²) in [5, 5.41) is 18.5. The van der Waals surface area contributed by atoms with Crippen LogP contribution < -0.4 is 5.32 Å². The molecule has 1 aromatic carbocycles. The minimum Gasteiger partial charge on any atom is -0.384 e. The highest BCUT2D eigenvalue weighted by Gasteiger charge is 2.35. The zero-order valence-corrected chi connectivity index (χ0v) is 12.1. The first-order valence-electron chi connectivity index (χ1n) is 7.09. The minimum atomic E-state index is -0.729. The number of aryl methyl sites for hydroxylation is 3. The van der Waals surface area contributed by atoms with E-state index in [0.29, 0.717) is 6.54 Å². The van der Waals surface area contributed by atoms with Gasteiger partial charge in [0.05, 0.1) is 5.69 Å². The lowest BCUT2D eigenvalue weighted by Gasteiger charge is -2.24. The van der Waals surface area contributed by atoms with E-state index in [0.717, 1.165) is 30.6 Å². The summed E-state index contributed by atoms with van der Waals surface area (Å²) < 4.78 is 1.83. The van der Waals surface area contributed by atoms with Crippen LogP contribution in [0.2, 0.25) is 0 Å². The second-order valence-electron chi connectivity index (χ2n) is 5.71. The molecule has 20 heavy (non-hydrogen) atoms. The van der Waals surface area contributed by atoms with Gasteiger partial charge in [0, 0.05) is 31.9 Å². The van der Waals surface area contributed by atoms with Crippen LogP contribution in [0.3, 0.4) is 0 Å². The number of benzene rings is 1. The first-order chi connectivity index (χ1) is 9.58. The molecule has 0 amide bonds. The van der Waals surface area contributed by atoms with Crippen molar-refractivity contribution in [3.8, 4) is 0 Å². The number of aromatic nitrogens is 2. The van der Waals surface area contributed by atoms with E-state index < -0.39 is 5.60 Å². The van der Waals surface area contributed by atoms with E-state index in [1.165, 1.54) is 11.1 Å². The van der Waals surface area contributed by atoms with Gasteiger partial charge in [-0.25, -0.2) is 0 Å². The van der Waals surface area contributed by atoms with Crippen molar-refractivity contribution >= 4 is 0 Å². The maximum Gasteiger partial charge on any atom is 0.103 e. The van der Waals surface area contributed by atoms with Crippen LogP contribution >= 0.6 is 0 Å². The fourth-order valence-corrected chi connectivity index (χ4v) is 3.08. The number of fused-ring (bicyclic) bond motifs is 1. The standard InChI is InChI=1S/C16H21N3O/c1-12-14(10-19(2)18-12)9-17-11-16(20)8-7-13-5-3-4-6-15(13)16/h3-6,10,17,20H,7-9,11H2,1-2H3. The van der Waals surface area contributed by atoms with E-state index in [-0.39, 0.29) is 0 Å². The Morgan fingerprint density at radius 3 is 2.95 bits per heavy atom. The Bertz CT molecular complexity index is 620. The Hall–Kier alpha value is -1.65. The van der Waals surface area contributed by atoms with Crippen LogP contribution in [0.1, 0.15) is 28.8 Å². The average molecular weight is 271 g/mol. The van der Waals surface area contributed by atoms with E-state index in [2.05, 4.69) is 16.5 Å². The highest BCUT2D eigenvalue weighted by molar-refractivity contribution is 5.37. The van der Waals surface area contributed by atoms with Crippen molar-refractivity contribution in [2.45, 2.75) is 31.9 Å². The highest BCUT2D eigenvalue weighted by Crippen LogP contribution is 2.36. The Morgan fingerprint density at radius 1 is 1.40 bits per heavy atom. The summed E-state index contributed by atoms with van der Waals surface area (Å²) in [6.45, 7) is 3.33. The summed E-state index contributed by atoms with van der Waals surface area (Å²) in [6.07, 6.45) is 3.78. The van der Waals surface area contributed by atoms with Crippen molar-refractivity contribution in [2.24, 2.45) is 7.05 Å². The Kier molecular flexibility index (Phi) is 3.36. The molecule has 3 rings (SSSR count). The molecule has 0 radical (unpaired) electrons. The van der Waals surface area contributed by atoms with Crippen LogP contribution in [-0.4, -0.2) is 21.4 Å². The Morgan fingerprint density at radius 2 is 2.20 bits per heavy atom. The predicted octanol–water partition coefficient (Wildman–Crippen LogP) is 1.65. The van der Waals surface area contributed by atoms with Crippen LogP contribution in [0.25, 0.3) is 0 Å². The molecule has 1 unspecified atom stereocenters. The Labute approximate surface area is 119 Å². The van der Waals surface area contributed by atoms with E-state index in [9.17, 15) is 5.11 Å². The monoisotopic (exact) mass is 271 g/mol. The zero-order valence-electron chi connectivity index (χ0n) is 12.1. The number of hydrogen-bond acceptors (Lipinski definition) is 3. The molecule has 2 aromatic rings. The summed E-state index contributed by atoms with van der Waals surface area (Å²) in [6, 6.07) is 8.19. The molecule has 0 spiro atoms. The maximum absolute atomic E-state index is 10.8. The second kappa shape index (κ2) is 5.04. The quantitative estimate of drug-likeness (QED) is 0.889. The molecule has 1 aromatic heterocycles. The fraction of sp³-hybridized carbons (Fsp3) is 0.438. The molecule has 4 nitrogen and oxygen atoms in total. The van der Waals surface area contributed by atoms with Gasteiger partial charge in [0.2, 0.25) is 0 Å². The third kappa shape index (κ3) is 2.37. The van der Waals surface area contributed by atoms with Gasteiger partial charge in [0.15, 0.2) is 0 Å². The molecule has 0 saturated carbocycles. The van der Waals surface area contributed by atoms with Crippen molar-refractivity contribution in [1.82, 2.24) is 15.1 Å². The molecule has 1 atom stereocenters. The third-order valence-corrected chi connectivity index (χ3v) is 4.17. The molecular formula is C16H21N3O. The third-order valence-electron chi connectivity index (χ3n) is 4.17. The molecule has 0 aliphatic heterocycles. The number of hydrogen-bond donors (Lipinski definition) is 2. The predicted molar refractivity (Wildman–Crippen MR) is 78.3 cm³/mol. The first-order valence-corrected chi connectivity index (χ1v) is 7.09. The summed E-state index contributed by atoms with van der Waals surface area (Å²) >= 11 is 0. The maximum atomic E-state index is 10.8. The van der Waals surface area contributed by atoms with Gasteiger partial charge < -0.3 is 10.4 Å². The van der Waals surface area contributed by atoms with Gasteiger partial charge in [-0.15, -0.1) is 0 Å². The summed E-state index contributed by atoms with van der Waals surface area (Å²) in [7, 11) is 1.93. The zero-order chi connectivity index (χ0) is 14.2. The SMILES string of the molecule is Cc1nn(C)cc1CNCC1(O)CCc2ccccc21. The van der Waals surface area contributed by atoms with Crippen molar-refractivity contribution < 1.29 is 5.11 Å². The van der Waals surface area contributed by atoms with Gasteiger partial charge in [-0.2, -0.15) is 5.10 Å². The van der Waals surface area contributed by atoms with Gasteiger partial charge >= 0.3 is 0 Å². The van der Waals surface area contributed by atoms with Crippen molar-refractivity contribution in [2.75, 3.05) is 6.54 Å².